The number of amides is 1. The second kappa shape index (κ2) is 22.3. The minimum atomic E-state index is -4.20. The van der Waals surface area contributed by atoms with Crippen molar-refractivity contribution >= 4 is 81.9 Å². The summed E-state index contributed by atoms with van der Waals surface area (Å²) in [6.07, 6.45) is 3.89. The highest BCUT2D eigenvalue weighted by Crippen LogP contribution is 2.41. The zero-order valence-electron chi connectivity index (χ0n) is 40.6. The first-order chi connectivity index (χ1) is 34.2. The molecule has 8 rings (SSSR count). The molecule has 0 bridgehead atoms. The molecule has 2 aliphatic heterocycles. The van der Waals surface area contributed by atoms with Gasteiger partial charge in [-0.15, -0.1) is 11.8 Å². The summed E-state index contributed by atoms with van der Waals surface area (Å²) in [5.74, 6) is -0.0734. The second-order valence-electron chi connectivity index (χ2n) is 18.4. The number of nitrogens with zero attached hydrogens (tertiary/aromatic N) is 4. The fraction of sp³-hybridized carbons (Fsp3) is 0.327. The van der Waals surface area contributed by atoms with Crippen molar-refractivity contribution in [1.29, 1.82) is 0 Å². The minimum Gasteiger partial charge on any atom is -0.393 e. The molecule has 382 valence electrons. The van der Waals surface area contributed by atoms with Gasteiger partial charge in [-0.3, -0.25) is 9.52 Å². The van der Waals surface area contributed by atoms with E-state index in [0.29, 0.717) is 66.0 Å². The molecule has 6 aromatic rings. The van der Waals surface area contributed by atoms with E-state index >= 15 is 0 Å². The van der Waals surface area contributed by atoms with Gasteiger partial charge in [0, 0.05) is 109 Å². The average Bonchev–Trinajstić information content (AvgIpc) is 3.62. The Bertz CT molecular complexity index is 3230. The maximum Gasteiger partial charge on any atom is 0.267 e. The number of likely N-dealkylation sites (tertiary alicyclic amines) is 1. The molecule has 2 aliphatic rings. The van der Waals surface area contributed by atoms with Crippen LogP contribution in [0.1, 0.15) is 35.3 Å². The summed E-state index contributed by atoms with van der Waals surface area (Å²) in [6.45, 7) is 6.74. The number of thioether (sulfide) groups is 1. The fourth-order valence-electron chi connectivity index (χ4n) is 9.27. The number of benzene rings is 5. The van der Waals surface area contributed by atoms with E-state index in [4.69, 9.17) is 11.6 Å². The number of anilines is 4. The lowest BCUT2D eigenvalue weighted by Crippen LogP contribution is -2.46. The molecule has 0 radical (unpaired) electrons. The van der Waals surface area contributed by atoms with Gasteiger partial charge in [0.05, 0.1) is 39.1 Å². The summed E-state index contributed by atoms with van der Waals surface area (Å²) in [4.78, 5) is 21.2. The number of carbonyl (C=O) groups excluding carboxylic acids is 1. The van der Waals surface area contributed by atoms with E-state index in [9.17, 15) is 35.2 Å². The number of sulfone groups is 1. The van der Waals surface area contributed by atoms with Gasteiger partial charge in [0.25, 0.3) is 15.9 Å². The summed E-state index contributed by atoms with van der Waals surface area (Å²) in [6, 6.07) is 36.2. The van der Waals surface area contributed by atoms with Gasteiger partial charge in [0.2, 0.25) is 10.0 Å². The van der Waals surface area contributed by atoms with Crippen molar-refractivity contribution < 1.29 is 35.2 Å². The van der Waals surface area contributed by atoms with Crippen molar-refractivity contribution in [3.8, 4) is 22.4 Å². The number of carbonyl (C=O) groups is 1. The van der Waals surface area contributed by atoms with E-state index in [2.05, 4.69) is 29.5 Å². The van der Waals surface area contributed by atoms with Gasteiger partial charge < -0.3 is 29.7 Å². The maximum atomic E-state index is 13.9. The van der Waals surface area contributed by atoms with Crippen LogP contribution in [0.15, 0.2) is 136 Å². The zero-order chi connectivity index (χ0) is 51.4. The SMILES string of the molecule is Cc1c(C(=O)NS(C)(=O)=O)c(-c2cccc(N3CCN(c4ccc(NS(=O)(=O)c5ccc(N[C@@H](CCN6CCC(O)CC6)CSc6ccccc6)c(S(C)(=O)=O)c5)cc4)CC3)c2)c(-c2ccc(Cl)cc2)n1C. The third-order valence-electron chi connectivity index (χ3n) is 13.1. The summed E-state index contributed by atoms with van der Waals surface area (Å²) in [5, 5.41) is 14.0. The van der Waals surface area contributed by atoms with E-state index in [1.54, 1.807) is 43.0 Å². The number of nitrogens with one attached hydrogen (secondary N) is 3. The molecule has 1 aromatic heterocycles. The molecule has 0 aliphatic carbocycles. The van der Waals surface area contributed by atoms with Crippen LogP contribution in [0.2, 0.25) is 5.02 Å². The number of sulfonamides is 2. The molecule has 5 aromatic carbocycles. The Hall–Kier alpha value is -5.54. The highest BCUT2D eigenvalue weighted by molar-refractivity contribution is 7.99. The lowest BCUT2D eigenvalue weighted by molar-refractivity contribution is 0.0817. The molecule has 0 spiro atoms. The lowest BCUT2D eigenvalue weighted by atomic mass is 9.96. The quantitative estimate of drug-likeness (QED) is 0.0608. The lowest BCUT2D eigenvalue weighted by Gasteiger charge is -2.37. The number of aromatic nitrogens is 1. The topological polar surface area (TPSA) is 190 Å². The van der Waals surface area contributed by atoms with E-state index in [-0.39, 0.29) is 27.5 Å². The van der Waals surface area contributed by atoms with Crippen molar-refractivity contribution in [2.75, 3.05) is 83.9 Å². The smallest absolute Gasteiger partial charge is 0.267 e. The summed E-state index contributed by atoms with van der Waals surface area (Å²) < 4.78 is 85.4. The Morgan fingerprint density at radius 2 is 1.42 bits per heavy atom. The normalized spacial score (nSPS) is 15.6. The van der Waals surface area contributed by atoms with Crippen molar-refractivity contribution in [2.45, 2.75) is 53.0 Å². The van der Waals surface area contributed by atoms with Crippen LogP contribution in [0.25, 0.3) is 22.4 Å². The number of rotatable bonds is 18. The fourth-order valence-corrected chi connectivity index (χ4v) is 12.9. The monoisotopic (exact) mass is 1070 g/mol. The van der Waals surface area contributed by atoms with Crippen molar-refractivity contribution in [3.05, 3.63) is 138 Å². The molecule has 2 saturated heterocycles. The largest absolute Gasteiger partial charge is 0.393 e. The van der Waals surface area contributed by atoms with Crippen LogP contribution in [-0.4, -0.2) is 122 Å². The predicted octanol–water partition coefficient (Wildman–Crippen LogP) is 7.96. The standard InChI is InChI=1S/C52H60ClN7O8S4/c1-36-49(52(62)56-71(4,65)66)50(51(57(36)2)37-13-15-39(53)16-14-37)38-9-8-10-43(33-38)60-31-29-59(30-32-60)42-19-17-40(18-20-42)55-72(67,68)46-21-22-47(48(34-46)70(3,63)64)54-41(35-69-45-11-6-5-7-12-45)23-26-58-27-24-44(61)25-28-58/h5-22,33-34,41,44,54-55,61H,23-32,35H2,1-4H3,(H,56,62)/t41-/m0/s1. The van der Waals surface area contributed by atoms with Crippen molar-refractivity contribution in [2.24, 2.45) is 7.05 Å². The number of halogens is 1. The van der Waals surface area contributed by atoms with Gasteiger partial charge in [-0.1, -0.05) is 54.1 Å². The average molecular weight is 1070 g/mol. The van der Waals surface area contributed by atoms with E-state index in [1.807, 2.05) is 90.5 Å². The van der Waals surface area contributed by atoms with Gasteiger partial charge in [-0.05, 0) is 116 Å². The molecular weight excluding hydrogens is 1010 g/mol. The summed E-state index contributed by atoms with van der Waals surface area (Å²) in [7, 11) is -10.1. The molecule has 2 fully saturated rings. The van der Waals surface area contributed by atoms with E-state index in [1.165, 1.54) is 18.2 Å². The first kappa shape index (κ1) is 52.8. The number of aliphatic hydroxyl groups excluding tert-OH is 1. The highest BCUT2D eigenvalue weighted by Gasteiger charge is 2.29. The van der Waals surface area contributed by atoms with E-state index in [0.717, 1.165) is 78.1 Å². The Morgan fingerprint density at radius 3 is 2.06 bits per heavy atom. The number of aliphatic hydroxyl groups is 1. The molecule has 1 atom stereocenters. The Labute approximate surface area is 432 Å². The molecule has 72 heavy (non-hydrogen) atoms. The number of hydrogen-bond donors (Lipinski definition) is 4. The highest BCUT2D eigenvalue weighted by atomic mass is 35.5. The zero-order valence-corrected chi connectivity index (χ0v) is 44.6. The van der Waals surface area contributed by atoms with Crippen molar-refractivity contribution in [1.82, 2.24) is 14.2 Å². The van der Waals surface area contributed by atoms with Crippen LogP contribution < -0.4 is 24.6 Å². The van der Waals surface area contributed by atoms with Gasteiger partial charge in [0.1, 0.15) is 0 Å². The van der Waals surface area contributed by atoms with Crippen LogP contribution in [-0.2, 0) is 36.9 Å². The van der Waals surface area contributed by atoms with Gasteiger partial charge in [0.15, 0.2) is 9.84 Å². The minimum absolute atomic E-state index is 0.109. The van der Waals surface area contributed by atoms with Gasteiger partial charge in [-0.2, -0.15) is 0 Å². The number of hydrogen-bond acceptors (Lipinski definition) is 13. The first-order valence-electron chi connectivity index (χ1n) is 23.6. The summed E-state index contributed by atoms with van der Waals surface area (Å²) in [5.41, 5.74) is 6.21. The maximum absolute atomic E-state index is 13.9. The molecule has 0 saturated carbocycles. The van der Waals surface area contributed by atoms with Gasteiger partial charge >= 0.3 is 0 Å². The number of piperazine rings is 1. The molecule has 4 N–H and O–H groups in total. The molecular formula is C52H60ClN7O8S4. The third-order valence-corrected chi connectivity index (χ3v) is 17.6. The molecule has 3 heterocycles. The molecule has 0 unspecified atom stereocenters. The third kappa shape index (κ3) is 13.0. The Kier molecular flexibility index (Phi) is 16.3. The van der Waals surface area contributed by atoms with Crippen LogP contribution >= 0.6 is 23.4 Å². The van der Waals surface area contributed by atoms with Crippen LogP contribution in [0.5, 0.6) is 0 Å². The molecule has 15 nitrogen and oxygen atoms in total. The predicted molar refractivity (Wildman–Crippen MR) is 290 cm³/mol. The Balaban J connectivity index is 0.944. The van der Waals surface area contributed by atoms with Gasteiger partial charge in [-0.25, -0.2) is 30.0 Å². The van der Waals surface area contributed by atoms with Crippen LogP contribution in [0.4, 0.5) is 22.7 Å². The first-order valence-corrected chi connectivity index (χ1v) is 30.2. The van der Waals surface area contributed by atoms with E-state index < -0.39 is 35.8 Å². The molecule has 20 heteroatoms. The molecule has 1 amide bonds. The second-order valence-corrected chi connectivity index (χ2v) is 25.3. The van der Waals surface area contributed by atoms with Crippen LogP contribution in [0, 0.1) is 6.92 Å². The number of piperidine rings is 1. The van der Waals surface area contributed by atoms with Crippen molar-refractivity contribution in [3.63, 3.8) is 0 Å². The Morgan fingerprint density at radius 1 is 0.764 bits per heavy atom. The van der Waals surface area contributed by atoms with Crippen LogP contribution in [0.3, 0.4) is 0 Å². The summed E-state index contributed by atoms with van der Waals surface area (Å²) >= 11 is 7.90.